The van der Waals surface area contributed by atoms with Gasteiger partial charge in [-0.05, 0) is 25.0 Å². The Labute approximate surface area is 154 Å². The number of furan rings is 1. The van der Waals surface area contributed by atoms with E-state index < -0.39 is 0 Å². The first kappa shape index (κ1) is 16.4. The standard InChI is InChI=1S/C19H17ClN2O2S/c20-15-5-2-1-4-13(15)19-21-12(11-25-19)10-18(23)22-16-6-3-7-17-14(16)8-9-24-17/h1-2,4-5,8-9,11,16H,3,6-7,10H2,(H,22,23). The number of benzene rings is 1. The molecule has 0 bridgehead atoms. The number of halogens is 1. The highest BCUT2D eigenvalue weighted by molar-refractivity contribution is 7.13. The topological polar surface area (TPSA) is 55.1 Å². The lowest BCUT2D eigenvalue weighted by molar-refractivity contribution is -0.121. The summed E-state index contributed by atoms with van der Waals surface area (Å²) in [5.74, 6) is 0.973. The molecule has 4 rings (SSSR count). The molecule has 0 fully saturated rings. The van der Waals surface area contributed by atoms with Crippen molar-refractivity contribution in [3.8, 4) is 10.6 Å². The first-order valence-corrected chi connectivity index (χ1v) is 9.51. The summed E-state index contributed by atoms with van der Waals surface area (Å²) < 4.78 is 5.48. The SMILES string of the molecule is O=C(Cc1csc(-c2ccccc2Cl)n1)NC1CCCc2occc21. The summed E-state index contributed by atoms with van der Waals surface area (Å²) in [5.41, 5.74) is 2.77. The maximum absolute atomic E-state index is 12.4. The summed E-state index contributed by atoms with van der Waals surface area (Å²) in [6.45, 7) is 0. The van der Waals surface area contributed by atoms with E-state index in [1.165, 1.54) is 11.3 Å². The van der Waals surface area contributed by atoms with Crippen LogP contribution in [0.3, 0.4) is 0 Å². The van der Waals surface area contributed by atoms with E-state index in [0.717, 1.165) is 46.9 Å². The monoisotopic (exact) mass is 372 g/mol. The van der Waals surface area contributed by atoms with Gasteiger partial charge in [0.15, 0.2) is 0 Å². The number of rotatable bonds is 4. The molecule has 1 atom stereocenters. The maximum Gasteiger partial charge on any atom is 0.226 e. The van der Waals surface area contributed by atoms with E-state index in [0.29, 0.717) is 5.02 Å². The van der Waals surface area contributed by atoms with Crippen LogP contribution in [-0.4, -0.2) is 10.9 Å². The minimum Gasteiger partial charge on any atom is -0.469 e. The third kappa shape index (κ3) is 3.48. The number of aromatic nitrogens is 1. The normalized spacial score (nSPS) is 16.4. The van der Waals surface area contributed by atoms with Gasteiger partial charge in [-0.15, -0.1) is 11.3 Å². The van der Waals surface area contributed by atoms with E-state index in [1.54, 1.807) is 6.26 Å². The van der Waals surface area contributed by atoms with Gasteiger partial charge in [-0.25, -0.2) is 4.98 Å². The van der Waals surface area contributed by atoms with Gasteiger partial charge in [0.25, 0.3) is 0 Å². The zero-order valence-corrected chi connectivity index (χ0v) is 15.1. The van der Waals surface area contributed by atoms with Crippen LogP contribution < -0.4 is 5.32 Å². The molecule has 2 heterocycles. The molecule has 1 aliphatic rings. The zero-order valence-electron chi connectivity index (χ0n) is 13.5. The zero-order chi connectivity index (χ0) is 17.2. The molecule has 1 aliphatic carbocycles. The molecule has 1 amide bonds. The van der Waals surface area contributed by atoms with Crippen LogP contribution in [0.1, 0.15) is 35.9 Å². The van der Waals surface area contributed by atoms with Gasteiger partial charge >= 0.3 is 0 Å². The highest BCUT2D eigenvalue weighted by Crippen LogP contribution is 2.31. The molecule has 0 saturated carbocycles. The average molecular weight is 373 g/mol. The molecule has 128 valence electrons. The first-order chi connectivity index (χ1) is 12.2. The molecule has 6 heteroatoms. The predicted octanol–water partition coefficient (Wildman–Crippen LogP) is 4.79. The van der Waals surface area contributed by atoms with Crippen molar-refractivity contribution in [1.29, 1.82) is 0 Å². The molecule has 2 aromatic heterocycles. The molecule has 1 unspecified atom stereocenters. The van der Waals surface area contributed by atoms with Crippen molar-refractivity contribution in [2.24, 2.45) is 0 Å². The largest absolute Gasteiger partial charge is 0.469 e. The van der Waals surface area contributed by atoms with Crippen LogP contribution in [0, 0.1) is 0 Å². The fourth-order valence-corrected chi connectivity index (χ4v) is 4.33. The van der Waals surface area contributed by atoms with Crippen LogP contribution >= 0.6 is 22.9 Å². The summed E-state index contributed by atoms with van der Waals surface area (Å²) in [7, 11) is 0. The van der Waals surface area contributed by atoms with Crippen LogP contribution in [0.25, 0.3) is 10.6 Å². The van der Waals surface area contributed by atoms with Gasteiger partial charge in [0, 0.05) is 22.9 Å². The molecule has 1 N–H and O–H groups in total. The Balaban J connectivity index is 1.44. The number of hydrogen-bond acceptors (Lipinski definition) is 4. The lowest BCUT2D eigenvalue weighted by Gasteiger charge is -2.22. The Morgan fingerprint density at radius 1 is 1.36 bits per heavy atom. The van der Waals surface area contributed by atoms with Crippen LogP contribution in [0.15, 0.2) is 46.4 Å². The number of nitrogens with one attached hydrogen (secondary N) is 1. The molecule has 0 radical (unpaired) electrons. The third-order valence-corrected chi connectivity index (χ3v) is 5.64. The predicted molar refractivity (Wildman–Crippen MR) is 98.8 cm³/mol. The molecule has 0 aliphatic heterocycles. The molecular weight excluding hydrogens is 356 g/mol. The Morgan fingerprint density at radius 3 is 3.12 bits per heavy atom. The second kappa shape index (κ2) is 7.02. The lowest BCUT2D eigenvalue weighted by atomic mass is 9.93. The molecule has 25 heavy (non-hydrogen) atoms. The van der Waals surface area contributed by atoms with E-state index in [1.807, 2.05) is 35.7 Å². The summed E-state index contributed by atoms with van der Waals surface area (Å²) in [6.07, 6.45) is 4.89. The van der Waals surface area contributed by atoms with Crippen molar-refractivity contribution < 1.29 is 9.21 Å². The van der Waals surface area contributed by atoms with Crippen LogP contribution in [0.4, 0.5) is 0 Å². The van der Waals surface area contributed by atoms with Gasteiger partial charge in [0.1, 0.15) is 10.8 Å². The quantitative estimate of drug-likeness (QED) is 0.716. The number of carbonyl (C=O) groups is 1. The number of nitrogens with zero attached hydrogens (tertiary/aromatic N) is 1. The second-order valence-electron chi connectivity index (χ2n) is 6.11. The summed E-state index contributed by atoms with van der Waals surface area (Å²) in [6, 6.07) is 9.60. The highest BCUT2D eigenvalue weighted by Gasteiger charge is 2.24. The fraction of sp³-hybridized carbons (Fsp3) is 0.263. The minimum atomic E-state index is -0.0185. The van der Waals surface area contributed by atoms with E-state index >= 15 is 0 Å². The Hall–Kier alpha value is -2.11. The van der Waals surface area contributed by atoms with Crippen molar-refractivity contribution in [1.82, 2.24) is 10.3 Å². The van der Waals surface area contributed by atoms with Crippen molar-refractivity contribution >= 4 is 28.8 Å². The maximum atomic E-state index is 12.4. The summed E-state index contributed by atoms with van der Waals surface area (Å²) >= 11 is 7.72. The van der Waals surface area contributed by atoms with Gasteiger partial charge in [0.2, 0.25) is 5.91 Å². The minimum absolute atomic E-state index is 0.0185. The van der Waals surface area contributed by atoms with E-state index in [-0.39, 0.29) is 18.4 Å². The molecule has 3 aromatic rings. The third-order valence-electron chi connectivity index (χ3n) is 4.38. The Morgan fingerprint density at radius 2 is 2.24 bits per heavy atom. The van der Waals surface area contributed by atoms with Gasteiger partial charge < -0.3 is 9.73 Å². The number of fused-ring (bicyclic) bond motifs is 1. The van der Waals surface area contributed by atoms with Crippen molar-refractivity contribution in [2.45, 2.75) is 31.7 Å². The van der Waals surface area contributed by atoms with Crippen molar-refractivity contribution in [2.75, 3.05) is 0 Å². The Bertz CT molecular complexity index is 902. The van der Waals surface area contributed by atoms with Gasteiger partial charge in [-0.3, -0.25) is 4.79 Å². The first-order valence-electron chi connectivity index (χ1n) is 8.25. The molecule has 4 nitrogen and oxygen atoms in total. The number of aryl methyl sites for hydroxylation is 1. The number of hydrogen-bond donors (Lipinski definition) is 1. The Kier molecular flexibility index (Phi) is 4.59. The van der Waals surface area contributed by atoms with E-state index in [9.17, 15) is 4.79 Å². The van der Waals surface area contributed by atoms with Crippen molar-refractivity contribution in [3.05, 3.63) is 64.0 Å². The average Bonchev–Trinajstić information content (AvgIpc) is 3.25. The molecule has 0 saturated heterocycles. The molecular formula is C19H17ClN2O2S. The van der Waals surface area contributed by atoms with Gasteiger partial charge in [-0.2, -0.15) is 0 Å². The van der Waals surface area contributed by atoms with Crippen LogP contribution in [-0.2, 0) is 17.6 Å². The smallest absolute Gasteiger partial charge is 0.226 e. The summed E-state index contributed by atoms with van der Waals surface area (Å²) in [5, 5.41) is 6.53. The van der Waals surface area contributed by atoms with Gasteiger partial charge in [-0.1, -0.05) is 29.8 Å². The van der Waals surface area contributed by atoms with Gasteiger partial charge in [0.05, 0.1) is 29.4 Å². The van der Waals surface area contributed by atoms with E-state index in [2.05, 4.69) is 10.3 Å². The fourth-order valence-electron chi connectivity index (χ4n) is 3.19. The second-order valence-corrected chi connectivity index (χ2v) is 7.38. The van der Waals surface area contributed by atoms with E-state index in [4.69, 9.17) is 16.0 Å². The lowest BCUT2D eigenvalue weighted by Crippen LogP contribution is -2.31. The molecule has 1 aromatic carbocycles. The molecule has 0 spiro atoms. The number of carbonyl (C=O) groups excluding carboxylic acids is 1. The summed E-state index contributed by atoms with van der Waals surface area (Å²) in [4.78, 5) is 17.0. The number of thiazole rings is 1. The van der Waals surface area contributed by atoms with Crippen molar-refractivity contribution in [3.63, 3.8) is 0 Å². The highest BCUT2D eigenvalue weighted by atomic mass is 35.5. The number of amides is 1. The van der Waals surface area contributed by atoms with Crippen LogP contribution in [0.2, 0.25) is 5.02 Å². The van der Waals surface area contributed by atoms with Crippen LogP contribution in [0.5, 0.6) is 0 Å².